The van der Waals surface area contributed by atoms with Gasteiger partial charge in [0.1, 0.15) is 12.1 Å². The Kier molecular flexibility index (Phi) is 4.73. The number of ether oxygens (including phenoxy) is 1. The van der Waals surface area contributed by atoms with Gasteiger partial charge in [-0.2, -0.15) is 4.98 Å². The second-order valence-corrected chi connectivity index (χ2v) is 5.62. The van der Waals surface area contributed by atoms with Crippen LogP contribution < -0.4 is 10.1 Å². The predicted octanol–water partition coefficient (Wildman–Crippen LogP) is 2.72. The zero-order chi connectivity index (χ0) is 18.5. The molecule has 0 aliphatic carbocycles. The molecule has 136 valence electrons. The first-order valence-corrected chi connectivity index (χ1v) is 8.45. The molecule has 0 unspecified atom stereocenters. The zero-order valence-electron chi connectivity index (χ0n) is 14.6. The Bertz CT molecular complexity index is 979. The van der Waals surface area contributed by atoms with E-state index in [2.05, 4.69) is 31.0 Å². The quantitative estimate of drug-likeness (QED) is 0.534. The topological polar surface area (TPSA) is 104 Å². The van der Waals surface area contributed by atoms with Crippen molar-refractivity contribution in [3.8, 4) is 22.8 Å². The number of rotatable bonds is 7. The van der Waals surface area contributed by atoms with Crippen LogP contribution in [0.15, 0.2) is 59.4 Å². The number of nitrogens with zero attached hydrogens (tertiary/aromatic N) is 6. The lowest BCUT2D eigenvalue weighted by Gasteiger charge is -2.04. The van der Waals surface area contributed by atoms with E-state index < -0.39 is 0 Å². The molecule has 1 N–H and O–H groups in total. The van der Waals surface area contributed by atoms with Crippen LogP contribution in [-0.4, -0.2) is 37.0 Å². The summed E-state index contributed by atoms with van der Waals surface area (Å²) in [5, 5.41) is 18.4. The zero-order valence-corrected chi connectivity index (χ0v) is 14.6. The van der Waals surface area contributed by atoms with Crippen LogP contribution in [0.25, 0.3) is 17.1 Å². The minimum Gasteiger partial charge on any atom is -0.494 e. The highest BCUT2D eigenvalue weighted by Gasteiger charge is 2.09. The van der Waals surface area contributed by atoms with Gasteiger partial charge in [-0.1, -0.05) is 5.16 Å². The van der Waals surface area contributed by atoms with Gasteiger partial charge in [0.2, 0.25) is 11.7 Å². The molecule has 9 nitrogen and oxygen atoms in total. The molecule has 0 amide bonds. The van der Waals surface area contributed by atoms with Crippen LogP contribution in [0, 0.1) is 0 Å². The maximum atomic E-state index is 5.43. The van der Waals surface area contributed by atoms with Gasteiger partial charge in [0.05, 0.1) is 18.8 Å². The number of benzene rings is 2. The van der Waals surface area contributed by atoms with E-state index in [1.807, 2.05) is 55.5 Å². The molecule has 0 spiro atoms. The van der Waals surface area contributed by atoms with Gasteiger partial charge in [0, 0.05) is 11.3 Å². The van der Waals surface area contributed by atoms with Gasteiger partial charge in [-0.05, 0) is 65.9 Å². The molecule has 27 heavy (non-hydrogen) atoms. The Balaban J connectivity index is 1.38. The summed E-state index contributed by atoms with van der Waals surface area (Å²) in [6.45, 7) is 3.01. The SMILES string of the molecule is CCOc1ccc(-c2noc(CNc3ccc(-n4cnnn4)cc3)n2)cc1. The molecule has 2 aromatic heterocycles. The fourth-order valence-corrected chi connectivity index (χ4v) is 2.50. The van der Waals surface area contributed by atoms with Gasteiger partial charge in [-0.3, -0.25) is 0 Å². The van der Waals surface area contributed by atoms with Gasteiger partial charge in [-0.15, -0.1) is 5.10 Å². The van der Waals surface area contributed by atoms with Crippen molar-refractivity contribution in [2.75, 3.05) is 11.9 Å². The molecular weight excluding hydrogens is 346 g/mol. The normalized spacial score (nSPS) is 10.7. The second kappa shape index (κ2) is 7.65. The fraction of sp³-hybridized carbons (Fsp3) is 0.167. The molecule has 0 saturated carbocycles. The summed E-state index contributed by atoms with van der Waals surface area (Å²) in [5.74, 6) is 1.86. The number of anilines is 1. The summed E-state index contributed by atoms with van der Waals surface area (Å²) < 4.78 is 12.3. The Labute approximate surface area is 155 Å². The summed E-state index contributed by atoms with van der Waals surface area (Å²) >= 11 is 0. The summed E-state index contributed by atoms with van der Waals surface area (Å²) in [7, 11) is 0. The van der Waals surface area contributed by atoms with E-state index in [-0.39, 0.29) is 0 Å². The summed E-state index contributed by atoms with van der Waals surface area (Å²) in [5.41, 5.74) is 2.67. The van der Waals surface area contributed by atoms with Crippen LogP contribution in [0.5, 0.6) is 5.75 Å². The Morgan fingerprint density at radius 2 is 1.89 bits per heavy atom. The lowest BCUT2D eigenvalue weighted by atomic mass is 10.2. The Morgan fingerprint density at radius 3 is 2.59 bits per heavy atom. The third kappa shape index (κ3) is 3.92. The third-order valence-corrected chi connectivity index (χ3v) is 3.82. The van der Waals surface area contributed by atoms with Crippen LogP contribution >= 0.6 is 0 Å². The van der Waals surface area contributed by atoms with E-state index in [9.17, 15) is 0 Å². The molecule has 4 aromatic rings. The Hall–Kier alpha value is -3.75. The van der Waals surface area contributed by atoms with Crippen molar-refractivity contribution in [3.05, 3.63) is 60.7 Å². The molecule has 4 rings (SSSR count). The van der Waals surface area contributed by atoms with Crippen molar-refractivity contribution < 1.29 is 9.26 Å². The van der Waals surface area contributed by atoms with E-state index in [4.69, 9.17) is 9.26 Å². The number of hydrogen-bond acceptors (Lipinski definition) is 8. The maximum absolute atomic E-state index is 5.43. The van der Waals surface area contributed by atoms with Gasteiger partial charge < -0.3 is 14.6 Å². The predicted molar refractivity (Wildman–Crippen MR) is 97.4 cm³/mol. The van der Waals surface area contributed by atoms with Crippen molar-refractivity contribution in [2.45, 2.75) is 13.5 Å². The van der Waals surface area contributed by atoms with Crippen LogP contribution in [0.3, 0.4) is 0 Å². The molecule has 2 aromatic carbocycles. The molecule has 0 bridgehead atoms. The highest BCUT2D eigenvalue weighted by molar-refractivity contribution is 5.55. The highest BCUT2D eigenvalue weighted by Crippen LogP contribution is 2.20. The monoisotopic (exact) mass is 363 g/mol. The molecule has 0 aliphatic rings. The molecule has 0 radical (unpaired) electrons. The largest absolute Gasteiger partial charge is 0.494 e. The average molecular weight is 363 g/mol. The second-order valence-electron chi connectivity index (χ2n) is 5.62. The minimum atomic E-state index is 0.425. The molecular formula is C18H17N7O2. The first kappa shape index (κ1) is 16.7. The lowest BCUT2D eigenvalue weighted by molar-refractivity contribution is 0.340. The molecule has 0 fully saturated rings. The summed E-state index contributed by atoms with van der Waals surface area (Å²) in [6.07, 6.45) is 1.54. The van der Waals surface area contributed by atoms with Crippen molar-refractivity contribution in [1.29, 1.82) is 0 Å². The van der Waals surface area contributed by atoms with Crippen molar-refractivity contribution in [1.82, 2.24) is 30.3 Å². The minimum absolute atomic E-state index is 0.425. The van der Waals surface area contributed by atoms with Gasteiger partial charge in [0.25, 0.3) is 0 Å². The maximum Gasteiger partial charge on any atom is 0.246 e. The lowest BCUT2D eigenvalue weighted by Crippen LogP contribution is -2.00. The van der Waals surface area contributed by atoms with Crippen LogP contribution in [-0.2, 0) is 6.54 Å². The van der Waals surface area contributed by atoms with E-state index in [0.29, 0.717) is 24.9 Å². The fourth-order valence-electron chi connectivity index (χ4n) is 2.50. The smallest absolute Gasteiger partial charge is 0.246 e. The first-order chi connectivity index (χ1) is 13.3. The summed E-state index contributed by atoms with van der Waals surface area (Å²) in [4.78, 5) is 4.42. The van der Waals surface area contributed by atoms with E-state index in [1.54, 1.807) is 11.0 Å². The number of nitrogens with one attached hydrogen (secondary N) is 1. The van der Waals surface area contributed by atoms with Gasteiger partial charge in [-0.25, -0.2) is 4.68 Å². The molecule has 0 atom stereocenters. The van der Waals surface area contributed by atoms with E-state index in [0.717, 1.165) is 22.7 Å². The Morgan fingerprint density at radius 1 is 1.07 bits per heavy atom. The third-order valence-electron chi connectivity index (χ3n) is 3.82. The number of tetrazole rings is 1. The van der Waals surface area contributed by atoms with Crippen LogP contribution in [0.4, 0.5) is 5.69 Å². The van der Waals surface area contributed by atoms with E-state index >= 15 is 0 Å². The molecule has 2 heterocycles. The van der Waals surface area contributed by atoms with Crippen LogP contribution in [0.2, 0.25) is 0 Å². The molecule has 0 saturated heterocycles. The molecule has 9 heteroatoms. The number of hydrogen-bond donors (Lipinski definition) is 1. The van der Waals surface area contributed by atoms with Crippen molar-refractivity contribution >= 4 is 5.69 Å². The van der Waals surface area contributed by atoms with Gasteiger partial charge in [0.15, 0.2) is 0 Å². The van der Waals surface area contributed by atoms with Crippen molar-refractivity contribution in [2.24, 2.45) is 0 Å². The number of aromatic nitrogens is 6. The van der Waals surface area contributed by atoms with E-state index in [1.165, 1.54) is 0 Å². The average Bonchev–Trinajstić information content (AvgIpc) is 3.40. The first-order valence-electron chi connectivity index (χ1n) is 8.45. The summed E-state index contributed by atoms with van der Waals surface area (Å²) in [6, 6.07) is 15.3. The molecule has 0 aliphatic heterocycles. The van der Waals surface area contributed by atoms with Crippen molar-refractivity contribution in [3.63, 3.8) is 0 Å². The van der Waals surface area contributed by atoms with Gasteiger partial charge >= 0.3 is 0 Å². The standard InChI is InChI=1S/C18H17N7O2/c1-2-26-16-9-3-13(4-10-16)18-21-17(27-22-18)11-19-14-5-7-15(8-6-14)25-12-20-23-24-25/h3-10,12,19H,2,11H2,1H3. The van der Waals surface area contributed by atoms with Crippen LogP contribution in [0.1, 0.15) is 12.8 Å². The highest BCUT2D eigenvalue weighted by atomic mass is 16.5.